The van der Waals surface area contributed by atoms with E-state index in [1.807, 2.05) is 24.4 Å². The van der Waals surface area contributed by atoms with Crippen LogP contribution in [0.4, 0.5) is 0 Å². The summed E-state index contributed by atoms with van der Waals surface area (Å²) in [5.74, 6) is -0.916. The van der Waals surface area contributed by atoms with Crippen LogP contribution in [-0.2, 0) is 6.42 Å². The Morgan fingerprint density at radius 2 is 2.00 bits per heavy atom. The SMILES string of the molecule is CC(C)(Cc1c[nH]c2ccccc12)NCC(O)c1ccc(O)c(C(N)=O)c1. The second kappa shape index (κ2) is 7.42. The van der Waals surface area contributed by atoms with E-state index < -0.39 is 12.0 Å². The number of aromatic amines is 1. The minimum absolute atomic E-state index is 0.00426. The van der Waals surface area contributed by atoms with Crippen LogP contribution in [0.1, 0.15) is 41.4 Å². The Morgan fingerprint density at radius 1 is 1.26 bits per heavy atom. The van der Waals surface area contributed by atoms with Gasteiger partial charge in [0, 0.05) is 29.2 Å². The van der Waals surface area contributed by atoms with Crippen LogP contribution in [0.15, 0.2) is 48.7 Å². The van der Waals surface area contributed by atoms with Gasteiger partial charge in [-0.05, 0) is 49.6 Å². The number of carbonyl (C=O) groups excluding carboxylic acids is 1. The zero-order chi connectivity index (χ0) is 19.6. The van der Waals surface area contributed by atoms with Crippen molar-refractivity contribution in [1.29, 1.82) is 0 Å². The fourth-order valence-electron chi connectivity index (χ4n) is 3.27. The number of nitrogens with one attached hydrogen (secondary N) is 2. The standard InChI is InChI=1S/C21H25N3O3/c1-21(2,10-14-11-23-17-6-4-3-5-15(14)17)24-12-19(26)13-7-8-18(25)16(9-13)20(22)27/h3-9,11,19,23-26H,10,12H2,1-2H3,(H2,22,27). The van der Waals surface area contributed by atoms with Crippen LogP contribution in [0, 0.1) is 0 Å². The van der Waals surface area contributed by atoms with Crippen molar-refractivity contribution in [1.82, 2.24) is 10.3 Å². The molecule has 6 heteroatoms. The molecule has 0 fully saturated rings. The van der Waals surface area contributed by atoms with Crippen LogP contribution in [-0.4, -0.2) is 33.2 Å². The number of aromatic hydroxyl groups is 1. The molecule has 6 nitrogen and oxygen atoms in total. The quantitative estimate of drug-likeness (QED) is 0.442. The number of fused-ring (bicyclic) bond motifs is 1. The number of primary amides is 1. The Hall–Kier alpha value is -2.83. The monoisotopic (exact) mass is 367 g/mol. The van der Waals surface area contributed by atoms with Crippen molar-refractivity contribution < 1.29 is 15.0 Å². The van der Waals surface area contributed by atoms with Crippen molar-refractivity contribution in [3.63, 3.8) is 0 Å². The third-order valence-corrected chi connectivity index (χ3v) is 4.75. The number of rotatable bonds is 7. The van der Waals surface area contributed by atoms with Crippen LogP contribution in [0.5, 0.6) is 5.75 Å². The molecular formula is C21H25N3O3. The molecule has 0 aliphatic heterocycles. The second-order valence-electron chi connectivity index (χ2n) is 7.46. The fraction of sp³-hybridized carbons (Fsp3) is 0.286. The molecular weight excluding hydrogens is 342 g/mol. The molecule has 1 heterocycles. The van der Waals surface area contributed by atoms with Gasteiger partial charge in [0.25, 0.3) is 5.91 Å². The van der Waals surface area contributed by atoms with Crippen molar-refractivity contribution >= 4 is 16.8 Å². The summed E-state index contributed by atoms with van der Waals surface area (Å²) in [6.07, 6.45) is 1.97. The fourth-order valence-corrected chi connectivity index (χ4v) is 3.27. The first-order chi connectivity index (χ1) is 12.8. The minimum Gasteiger partial charge on any atom is -0.507 e. The smallest absolute Gasteiger partial charge is 0.252 e. The maximum atomic E-state index is 11.4. The number of para-hydroxylation sites is 1. The summed E-state index contributed by atoms with van der Waals surface area (Å²) < 4.78 is 0. The van der Waals surface area contributed by atoms with Crippen LogP contribution in [0.2, 0.25) is 0 Å². The van der Waals surface area contributed by atoms with Crippen molar-refractivity contribution in [3.8, 4) is 5.75 Å². The topological polar surface area (TPSA) is 111 Å². The molecule has 0 spiro atoms. The summed E-state index contributed by atoms with van der Waals surface area (Å²) in [5, 5.41) is 24.7. The summed E-state index contributed by atoms with van der Waals surface area (Å²) in [4.78, 5) is 14.6. The maximum absolute atomic E-state index is 11.4. The summed E-state index contributed by atoms with van der Waals surface area (Å²) in [6, 6.07) is 12.5. The normalized spacial score (nSPS) is 13.0. The molecule has 0 radical (unpaired) electrons. The molecule has 1 atom stereocenters. The highest BCUT2D eigenvalue weighted by atomic mass is 16.3. The third-order valence-electron chi connectivity index (χ3n) is 4.75. The number of nitrogens with two attached hydrogens (primary N) is 1. The van der Waals surface area contributed by atoms with E-state index in [1.165, 1.54) is 23.1 Å². The van der Waals surface area contributed by atoms with Gasteiger partial charge in [-0.1, -0.05) is 24.3 Å². The molecule has 1 unspecified atom stereocenters. The Morgan fingerprint density at radius 3 is 2.74 bits per heavy atom. The molecule has 0 saturated heterocycles. The summed E-state index contributed by atoms with van der Waals surface area (Å²) >= 11 is 0. The predicted molar refractivity (Wildman–Crippen MR) is 106 cm³/mol. The molecule has 1 aromatic heterocycles. The van der Waals surface area contributed by atoms with E-state index >= 15 is 0 Å². The minimum atomic E-state index is -0.828. The lowest BCUT2D eigenvalue weighted by Crippen LogP contribution is -2.43. The van der Waals surface area contributed by atoms with Gasteiger partial charge in [-0.2, -0.15) is 0 Å². The third kappa shape index (κ3) is 4.30. The first kappa shape index (κ1) is 18.9. The molecule has 0 bridgehead atoms. The average Bonchev–Trinajstić information content (AvgIpc) is 3.02. The lowest BCUT2D eigenvalue weighted by molar-refractivity contribution is 0.0997. The van der Waals surface area contributed by atoms with Crippen LogP contribution < -0.4 is 11.1 Å². The van der Waals surface area contributed by atoms with Gasteiger partial charge in [-0.3, -0.25) is 4.79 Å². The van der Waals surface area contributed by atoms with E-state index in [-0.39, 0.29) is 16.9 Å². The Balaban J connectivity index is 1.68. The van der Waals surface area contributed by atoms with Gasteiger partial charge in [0.15, 0.2) is 0 Å². The number of amides is 1. The highest BCUT2D eigenvalue weighted by Gasteiger charge is 2.22. The number of aliphatic hydroxyl groups excluding tert-OH is 1. The van der Waals surface area contributed by atoms with Gasteiger partial charge in [0.05, 0.1) is 11.7 Å². The molecule has 0 aliphatic rings. The lowest BCUT2D eigenvalue weighted by Gasteiger charge is -2.28. The van der Waals surface area contributed by atoms with Crippen molar-refractivity contribution in [2.75, 3.05) is 6.54 Å². The number of phenols is 1. The summed E-state index contributed by atoms with van der Waals surface area (Å²) in [6.45, 7) is 4.46. The average molecular weight is 367 g/mol. The van der Waals surface area contributed by atoms with Gasteiger partial charge in [-0.15, -0.1) is 0 Å². The molecule has 6 N–H and O–H groups in total. The molecule has 142 valence electrons. The first-order valence-electron chi connectivity index (χ1n) is 8.87. The largest absolute Gasteiger partial charge is 0.507 e. The summed E-state index contributed by atoms with van der Waals surface area (Å²) in [7, 11) is 0. The molecule has 27 heavy (non-hydrogen) atoms. The molecule has 1 amide bonds. The Bertz CT molecular complexity index is 962. The molecule has 2 aromatic carbocycles. The van der Waals surface area contributed by atoms with Gasteiger partial charge in [0.2, 0.25) is 0 Å². The lowest BCUT2D eigenvalue weighted by atomic mass is 9.94. The van der Waals surface area contributed by atoms with Crippen LogP contribution in [0.3, 0.4) is 0 Å². The summed E-state index contributed by atoms with van der Waals surface area (Å²) in [5.41, 5.74) is 7.83. The van der Waals surface area contributed by atoms with Crippen molar-refractivity contribution in [2.45, 2.75) is 31.9 Å². The van der Waals surface area contributed by atoms with Crippen LogP contribution in [0.25, 0.3) is 10.9 Å². The van der Waals surface area contributed by atoms with E-state index in [4.69, 9.17) is 5.73 Å². The van der Waals surface area contributed by atoms with Crippen molar-refractivity contribution in [2.24, 2.45) is 5.73 Å². The number of aliphatic hydroxyl groups is 1. The van der Waals surface area contributed by atoms with Gasteiger partial charge < -0.3 is 26.2 Å². The highest BCUT2D eigenvalue weighted by Crippen LogP contribution is 2.24. The predicted octanol–water partition coefficient (Wildman–Crippen LogP) is 2.62. The number of hydrogen-bond acceptors (Lipinski definition) is 4. The molecule has 0 saturated carbocycles. The molecule has 3 aromatic rings. The number of β-amino-alcohol motifs (C(OH)–C–C–N with tert-alkyl or cyclic N) is 1. The van der Waals surface area contributed by atoms with Crippen molar-refractivity contribution in [3.05, 3.63) is 65.4 Å². The van der Waals surface area contributed by atoms with E-state index in [1.54, 1.807) is 6.07 Å². The van der Waals surface area contributed by atoms with E-state index in [2.05, 4.69) is 30.2 Å². The number of aromatic nitrogens is 1. The van der Waals surface area contributed by atoms with E-state index in [0.29, 0.717) is 12.1 Å². The maximum Gasteiger partial charge on any atom is 0.252 e. The number of carbonyl (C=O) groups is 1. The van der Waals surface area contributed by atoms with Crippen LogP contribution >= 0.6 is 0 Å². The Kier molecular flexibility index (Phi) is 5.21. The Labute approximate surface area is 158 Å². The molecule has 0 aliphatic carbocycles. The number of H-pyrrole nitrogens is 1. The van der Waals surface area contributed by atoms with E-state index in [9.17, 15) is 15.0 Å². The van der Waals surface area contributed by atoms with Gasteiger partial charge >= 0.3 is 0 Å². The zero-order valence-electron chi connectivity index (χ0n) is 15.5. The van der Waals surface area contributed by atoms with Gasteiger partial charge in [0.1, 0.15) is 5.75 Å². The number of hydrogen-bond donors (Lipinski definition) is 5. The first-order valence-corrected chi connectivity index (χ1v) is 8.87. The number of benzene rings is 2. The van der Waals surface area contributed by atoms with Gasteiger partial charge in [-0.25, -0.2) is 0 Å². The zero-order valence-corrected chi connectivity index (χ0v) is 15.5. The van der Waals surface area contributed by atoms with E-state index in [0.717, 1.165) is 11.9 Å². The highest BCUT2D eigenvalue weighted by molar-refractivity contribution is 5.95. The molecule has 3 rings (SSSR count). The second-order valence-corrected chi connectivity index (χ2v) is 7.46.